The molecule has 0 radical (unpaired) electrons. The Kier molecular flexibility index (Phi) is 4.35. The number of carboxylic acid groups (broad SMARTS) is 1. The third kappa shape index (κ3) is 3.35. The molecule has 0 aliphatic heterocycles. The van der Waals surface area contributed by atoms with Crippen molar-refractivity contribution in [1.29, 1.82) is 0 Å². The van der Waals surface area contributed by atoms with E-state index in [-0.39, 0.29) is 12.2 Å². The number of benzene rings is 2. The minimum atomic E-state index is -1.15. The Morgan fingerprint density at radius 3 is 2.45 bits per heavy atom. The molecule has 4 heteroatoms. The average Bonchev–Trinajstić information content (AvgIpc) is 2.46. The first-order valence-corrected chi connectivity index (χ1v) is 6.33. The summed E-state index contributed by atoms with van der Waals surface area (Å²) in [6.07, 6.45) is 0.950. The molecule has 2 aromatic rings. The van der Waals surface area contributed by atoms with Gasteiger partial charge in [0.15, 0.2) is 0 Å². The van der Waals surface area contributed by atoms with E-state index in [2.05, 4.69) is 6.92 Å². The van der Waals surface area contributed by atoms with Gasteiger partial charge in [0, 0.05) is 5.56 Å². The number of hydrogen-bond acceptors (Lipinski definition) is 2. The standard InChI is InChI=1S/C16H15FO3/c1-2-11-3-7-14(8-4-11)20-10-13-6-5-12(16(18)19)9-15(13)17/h3-9H,2,10H2,1H3,(H,18,19). The summed E-state index contributed by atoms with van der Waals surface area (Å²) in [6, 6.07) is 11.4. The zero-order valence-corrected chi connectivity index (χ0v) is 11.1. The predicted octanol–water partition coefficient (Wildman–Crippen LogP) is 3.67. The van der Waals surface area contributed by atoms with Crippen molar-refractivity contribution in [2.45, 2.75) is 20.0 Å². The number of aromatic carboxylic acids is 1. The van der Waals surface area contributed by atoms with Crippen LogP contribution in [0.3, 0.4) is 0 Å². The van der Waals surface area contributed by atoms with Crippen LogP contribution in [-0.2, 0) is 13.0 Å². The Labute approximate surface area is 116 Å². The van der Waals surface area contributed by atoms with Crippen LogP contribution >= 0.6 is 0 Å². The Morgan fingerprint density at radius 1 is 1.20 bits per heavy atom. The van der Waals surface area contributed by atoms with Gasteiger partial charge in [0.05, 0.1) is 5.56 Å². The van der Waals surface area contributed by atoms with E-state index in [9.17, 15) is 9.18 Å². The average molecular weight is 274 g/mol. The highest BCUT2D eigenvalue weighted by molar-refractivity contribution is 5.87. The van der Waals surface area contributed by atoms with Crippen molar-refractivity contribution in [3.63, 3.8) is 0 Å². The van der Waals surface area contributed by atoms with Crippen LogP contribution in [0.25, 0.3) is 0 Å². The fraction of sp³-hybridized carbons (Fsp3) is 0.188. The lowest BCUT2D eigenvalue weighted by molar-refractivity contribution is 0.0696. The van der Waals surface area contributed by atoms with Gasteiger partial charge >= 0.3 is 5.97 Å². The molecule has 0 saturated heterocycles. The summed E-state index contributed by atoms with van der Waals surface area (Å²) in [7, 11) is 0. The van der Waals surface area contributed by atoms with Crippen LogP contribution in [0.4, 0.5) is 4.39 Å². The van der Waals surface area contributed by atoms with Gasteiger partial charge in [-0.2, -0.15) is 0 Å². The molecule has 1 N–H and O–H groups in total. The molecule has 0 aliphatic rings. The lowest BCUT2D eigenvalue weighted by Crippen LogP contribution is -2.02. The second kappa shape index (κ2) is 6.19. The van der Waals surface area contributed by atoms with E-state index >= 15 is 0 Å². The molecule has 0 aromatic heterocycles. The molecule has 0 spiro atoms. The molecule has 0 amide bonds. The van der Waals surface area contributed by atoms with Gasteiger partial charge in [0.25, 0.3) is 0 Å². The van der Waals surface area contributed by atoms with Crippen molar-refractivity contribution in [1.82, 2.24) is 0 Å². The molecule has 0 fully saturated rings. The Morgan fingerprint density at radius 2 is 1.90 bits per heavy atom. The normalized spacial score (nSPS) is 10.3. The van der Waals surface area contributed by atoms with Gasteiger partial charge in [-0.15, -0.1) is 0 Å². The third-order valence-corrected chi connectivity index (χ3v) is 3.03. The predicted molar refractivity (Wildman–Crippen MR) is 73.5 cm³/mol. The Balaban J connectivity index is 2.04. The number of carboxylic acids is 1. The van der Waals surface area contributed by atoms with E-state index in [1.807, 2.05) is 24.3 Å². The van der Waals surface area contributed by atoms with E-state index in [0.717, 1.165) is 12.5 Å². The maximum absolute atomic E-state index is 13.7. The Hall–Kier alpha value is -2.36. The van der Waals surface area contributed by atoms with E-state index in [1.54, 1.807) is 0 Å². The molecule has 3 nitrogen and oxygen atoms in total. The van der Waals surface area contributed by atoms with Crippen molar-refractivity contribution in [3.8, 4) is 5.75 Å². The van der Waals surface area contributed by atoms with Crippen molar-refractivity contribution >= 4 is 5.97 Å². The maximum Gasteiger partial charge on any atom is 0.335 e. The summed E-state index contributed by atoms with van der Waals surface area (Å²) in [6.45, 7) is 2.13. The molecule has 0 saturated carbocycles. The highest BCUT2D eigenvalue weighted by Gasteiger charge is 2.08. The molecule has 20 heavy (non-hydrogen) atoms. The van der Waals surface area contributed by atoms with Crippen molar-refractivity contribution in [2.24, 2.45) is 0 Å². The number of carbonyl (C=O) groups is 1. The van der Waals surface area contributed by atoms with Gasteiger partial charge in [-0.1, -0.05) is 25.1 Å². The fourth-order valence-electron chi connectivity index (χ4n) is 1.78. The summed E-state index contributed by atoms with van der Waals surface area (Å²) in [4.78, 5) is 10.7. The number of hydrogen-bond donors (Lipinski definition) is 1. The van der Waals surface area contributed by atoms with Crippen LogP contribution in [0.15, 0.2) is 42.5 Å². The molecule has 0 heterocycles. The highest BCUT2D eigenvalue weighted by atomic mass is 19.1. The third-order valence-electron chi connectivity index (χ3n) is 3.03. The lowest BCUT2D eigenvalue weighted by atomic mass is 10.1. The van der Waals surface area contributed by atoms with Gasteiger partial charge in [-0.3, -0.25) is 0 Å². The Bertz CT molecular complexity index is 606. The van der Waals surface area contributed by atoms with Gasteiger partial charge in [0.2, 0.25) is 0 Å². The van der Waals surface area contributed by atoms with Crippen LogP contribution in [0, 0.1) is 5.82 Å². The molecule has 2 aromatic carbocycles. The first-order chi connectivity index (χ1) is 9.60. The van der Waals surface area contributed by atoms with Crippen LogP contribution in [0.2, 0.25) is 0 Å². The van der Waals surface area contributed by atoms with Crippen LogP contribution in [-0.4, -0.2) is 11.1 Å². The number of aryl methyl sites for hydroxylation is 1. The SMILES string of the molecule is CCc1ccc(OCc2ccc(C(=O)O)cc2F)cc1. The quantitative estimate of drug-likeness (QED) is 0.905. The van der Waals surface area contributed by atoms with Gasteiger partial charge in [-0.25, -0.2) is 9.18 Å². The zero-order valence-electron chi connectivity index (χ0n) is 11.1. The van der Waals surface area contributed by atoms with Crippen molar-refractivity contribution in [3.05, 3.63) is 65.0 Å². The largest absolute Gasteiger partial charge is 0.489 e. The molecule has 104 valence electrons. The van der Waals surface area contributed by atoms with Crippen LogP contribution < -0.4 is 4.74 Å². The molecular weight excluding hydrogens is 259 g/mol. The van der Waals surface area contributed by atoms with E-state index in [0.29, 0.717) is 11.3 Å². The van der Waals surface area contributed by atoms with Crippen LogP contribution in [0.5, 0.6) is 5.75 Å². The van der Waals surface area contributed by atoms with E-state index < -0.39 is 11.8 Å². The number of ether oxygens (including phenoxy) is 1. The fourth-order valence-corrected chi connectivity index (χ4v) is 1.78. The highest BCUT2D eigenvalue weighted by Crippen LogP contribution is 2.17. The van der Waals surface area contributed by atoms with Gasteiger partial charge < -0.3 is 9.84 Å². The number of rotatable bonds is 5. The smallest absolute Gasteiger partial charge is 0.335 e. The minimum absolute atomic E-state index is 0.0667. The molecule has 0 aliphatic carbocycles. The second-order valence-corrected chi connectivity index (χ2v) is 4.40. The van der Waals surface area contributed by atoms with E-state index in [1.165, 1.54) is 17.7 Å². The zero-order chi connectivity index (χ0) is 14.5. The summed E-state index contributed by atoms with van der Waals surface area (Å²) in [5, 5.41) is 8.76. The van der Waals surface area contributed by atoms with Crippen LogP contribution in [0.1, 0.15) is 28.4 Å². The second-order valence-electron chi connectivity index (χ2n) is 4.40. The van der Waals surface area contributed by atoms with Crippen molar-refractivity contribution in [2.75, 3.05) is 0 Å². The molecule has 0 unspecified atom stereocenters. The number of halogens is 1. The molecule has 2 rings (SSSR count). The summed E-state index contributed by atoms with van der Waals surface area (Å²) < 4.78 is 19.2. The molecule has 0 atom stereocenters. The summed E-state index contributed by atoms with van der Waals surface area (Å²) >= 11 is 0. The first kappa shape index (κ1) is 14.1. The maximum atomic E-state index is 13.7. The monoisotopic (exact) mass is 274 g/mol. The van der Waals surface area contributed by atoms with Crippen molar-refractivity contribution < 1.29 is 19.0 Å². The summed E-state index contributed by atoms with van der Waals surface area (Å²) in [5.41, 5.74) is 1.46. The summed E-state index contributed by atoms with van der Waals surface area (Å²) in [5.74, 6) is -1.06. The molecule has 0 bridgehead atoms. The van der Waals surface area contributed by atoms with E-state index in [4.69, 9.17) is 9.84 Å². The topological polar surface area (TPSA) is 46.5 Å². The first-order valence-electron chi connectivity index (χ1n) is 6.33. The van der Waals surface area contributed by atoms with Gasteiger partial charge in [-0.05, 0) is 36.2 Å². The minimum Gasteiger partial charge on any atom is -0.489 e. The van der Waals surface area contributed by atoms with Gasteiger partial charge in [0.1, 0.15) is 18.2 Å². The molecular formula is C16H15FO3. The lowest BCUT2D eigenvalue weighted by Gasteiger charge is -2.08.